The summed E-state index contributed by atoms with van der Waals surface area (Å²) < 4.78 is 18.0. The van der Waals surface area contributed by atoms with Gasteiger partial charge in [-0.3, -0.25) is 4.79 Å². The molecule has 1 aromatic carbocycles. The van der Waals surface area contributed by atoms with Gasteiger partial charge in [-0.05, 0) is 19.1 Å². The van der Waals surface area contributed by atoms with Gasteiger partial charge < -0.3 is 9.72 Å². The van der Waals surface area contributed by atoms with E-state index in [1.54, 1.807) is 19.1 Å². The van der Waals surface area contributed by atoms with Crippen molar-refractivity contribution in [3.8, 4) is 0 Å². The van der Waals surface area contributed by atoms with E-state index in [4.69, 9.17) is 0 Å². The smallest absolute Gasteiger partial charge is 0.318 e. The summed E-state index contributed by atoms with van der Waals surface area (Å²) in [4.78, 5) is 18.4. The summed E-state index contributed by atoms with van der Waals surface area (Å²) in [6.45, 7) is 1.76. The summed E-state index contributed by atoms with van der Waals surface area (Å²) in [5, 5.41) is -0.270. The number of rotatable bonds is 4. The van der Waals surface area contributed by atoms with E-state index in [9.17, 15) is 9.18 Å². The molecule has 0 unspecified atom stereocenters. The number of imidazole rings is 1. The third kappa shape index (κ3) is 2.64. The van der Waals surface area contributed by atoms with E-state index in [2.05, 4.69) is 14.7 Å². The van der Waals surface area contributed by atoms with Crippen LogP contribution >= 0.6 is 11.8 Å². The second-order valence-electron chi connectivity index (χ2n) is 3.80. The maximum absolute atomic E-state index is 13.4. The van der Waals surface area contributed by atoms with Crippen LogP contribution in [0.2, 0.25) is 0 Å². The molecule has 1 N–H and O–H groups in total. The summed E-state index contributed by atoms with van der Waals surface area (Å²) >= 11 is 1.39. The largest absolute Gasteiger partial charge is 0.468 e. The van der Waals surface area contributed by atoms with Crippen LogP contribution in [-0.4, -0.2) is 28.3 Å². The molecule has 1 aromatic heterocycles. The molecule has 0 spiro atoms. The second kappa shape index (κ2) is 5.39. The van der Waals surface area contributed by atoms with Gasteiger partial charge in [-0.2, -0.15) is 0 Å². The van der Waals surface area contributed by atoms with Crippen LogP contribution in [0.3, 0.4) is 0 Å². The van der Waals surface area contributed by atoms with Crippen molar-refractivity contribution in [2.45, 2.75) is 17.9 Å². The number of methoxy groups -OCH3 is 1. The highest BCUT2D eigenvalue weighted by Gasteiger charge is 2.15. The second-order valence-corrected chi connectivity index (χ2v) is 5.13. The lowest BCUT2D eigenvalue weighted by atomic mass is 10.3. The van der Waals surface area contributed by atoms with Gasteiger partial charge in [0, 0.05) is 0 Å². The predicted molar refractivity (Wildman–Crippen MR) is 68.8 cm³/mol. The average Bonchev–Trinajstić information content (AvgIpc) is 2.79. The van der Waals surface area contributed by atoms with E-state index < -0.39 is 0 Å². The first-order chi connectivity index (χ1) is 8.61. The Kier molecular flexibility index (Phi) is 3.86. The predicted octanol–water partition coefficient (Wildman–Crippen LogP) is 2.50. The van der Waals surface area contributed by atoms with Crippen molar-refractivity contribution in [2.75, 3.05) is 7.11 Å². The molecule has 0 aliphatic carbocycles. The van der Waals surface area contributed by atoms with Gasteiger partial charge in [0.1, 0.15) is 16.6 Å². The summed E-state index contributed by atoms with van der Waals surface area (Å²) in [6.07, 6.45) is 0. The minimum atomic E-state index is -0.346. The molecular weight excluding hydrogens is 255 g/mol. The number of nitrogens with zero attached hydrogens (tertiary/aromatic N) is 1. The maximum Gasteiger partial charge on any atom is 0.318 e. The van der Waals surface area contributed by atoms with E-state index in [0.717, 1.165) is 0 Å². The maximum atomic E-state index is 13.4. The van der Waals surface area contributed by atoms with Crippen molar-refractivity contribution in [1.29, 1.82) is 0 Å². The molecule has 2 aromatic rings. The highest BCUT2D eigenvalue weighted by Crippen LogP contribution is 2.20. The van der Waals surface area contributed by atoms with Gasteiger partial charge in [0.15, 0.2) is 5.82 Å². The summed E-state index contributed by atoms with van der Waals surface area (Å²) in [5.41, 5.74) is 0.996. The molecule has 0 fully saturated rings. The standard InChI is InChI=1S/C12H13FN2O2S/c1-7(12(16)17-2)18-6-10-14-9-5-3-4-8(13)11(9)15-10/h3-5,7H,6H2,1-2H3,(H,14,15)/t7-/m1/s1. The normalized spacial score (nSPS) is 12.6. The van der Waals surface area contributed by atoms with Gasteiger partial charge in [0.2, 0.25) is 0 Å². The van der Waals surface area contributed by atoms with Crippen LogP contribution in [0, 0.1) is 5.82 Å². The lowest BCUT2D eigenvalue weighted by molar-refractivity contribution is -0.139. The molecule has 1 heterocycles. The molecule has 2 rings (SSSR count). The first-order valence-corrected chi connectivity index (χ1v) is 6.49. The van der Waals surface area contributed by atoms with Crippen LogP contribution < -0.4 is 0 Å². The molecule has 0 radical (unpaired) electrons. The number of hydrogen-bond donors (Lipinski definition) is 1. The number of benzene rings is 1. The van der Waals surface area contributed by atoms with Gasteiger partial charge in [0.05, 0.1) is 18.4 Å². The van der Waals surface area contributed by atoms with Crippen LogP contribution in [-0.2, 0) is 15.3 Å². The van der Waals surface area contributed by atoms with Gasteiger partial charge in [-0.1, -0.05) is 6.07 Å². The number of carbonyl (C=O) groups is 1. The minimum Gasteiger partial charge on any atom is -0.468 e. The Balaban J connectivity index is 2.09. The minimum absolute atomic E-state index is 0.270. The Morgan fingerprint density at radius 1 is 1.61 bits per heavy atom. The zero-order valence-corrected chi connectivity index (χ0v) is 10.9. The summed E-state index contributed by atoms with van der Waals surface area (Å²) in [5.74, 6) is 0.531. The van der Waals surface area contributed by atoms with Crippen LogP contribution in [0.15, 0.2) is 18.2 Å². The van der Waals surface area contributed by atoms with E-state index in [1.165, 1.54) is 24.9 Å². The monoisotopic (exact) mass is 268 g/mol. The molecule has 96 valence electrons. The Morgan fingerprint density at radius 3 is 3.06 bits per heavy atom. The number of halogens is 1. The molecule has 0 aliphatic heterocycles. The Hall–Kier alpha value is -1.56. The number of para-hydroxylation sites is 1. The Labute approximate surface area is 108 Å². The lowest BCUT2D eigenvalue weighted by Crippen LogP contribution is -2.14. The summed E-state index contributed by atoms with van der Waals surface area (Å²) in [6, 6.07) is 4.77. The SMILES string of the molecule is COC(=O)[C@@H](C)SCc1nc2c(F)cccc2[nH]1. The number of aromatic nitrogens is 2. The molecule has 4 nitrogen and oxygen atoms in total. The molecule has 1 atom stereocenters. The van der Waals surface area contributed by atoms with Crippen LogP contribution in [0.5, 0.6) is 0 Å². The number of esters is 1. The molecule has 0 saturated carbocycles. The zero-order chi connectivity index (χ0) is 13.1. The lowest BCUT2D eigenvalue weighted by Gasteiger charge is -2.06. The number of ether oxygens (including phenoxy) is 1. The number of carbonyl (C=O) groups excluding carboxylic acids is 1. The van der Waals surface area contributed by atoms with Crippen molar-refractivity contribution in [1.82, 2.24) is 9.97 Å². The first-order valence-electron chi connectivity index (χ1n) is 5.44. The van der Waals surface area contributed by atoms with Gasteiger partial charge in [-0.15, -0.1) is 11.8 Å². The number of H-pyrrole nitrogens is 1. The number of thioether (sulfide) groups is 1. The van der Waals surface area contributed by atoms with Crippen molar-refractivity contribution in [2.24, 2.45) is 0 Å². The summed E-state index contributed by atoms with van der Waals surface area (Å²) in [7, 11) is 1.36. The molecular formula is C12H13FN2O2S. The highest BCUT2D eigenvalue weighted by molar-refractivity contribution is 7.99. The third-order valence-electron chi connectivity index (χ3n) is 2.52. The van der Waals surface area contributed by atoms with Crippen molar-refractivity contribution < 1.29 is 13.9 Å². The fourth-order valence-corrected chi connectivity index (χ4v) is 2.33. The zero-order valence-electron chi connectivity index (χ0n) is 10.1. The van der Waals surface area contributed by atoms with E-state index in [-0.39, 0.29) is 17.0 Å². The molecule has 18 heavy (non-hydrogen) atoms. The number of aromatic amines is 1. The number of hydrogen-bond acceptors (Lipinski definition) is 4. The van der Waals surface area contributed by atoms with E-state index in [0.29, 0.717) is 22.6 Å². The molecule has 0 bridgehead atoms. The molecule has 0 saturated heterocycles. The van der Waals surface area contributed by atoms with Crippen molar-refractivity contribution in [3.05, 3.63) is 29.8 Å². The molecule has 0 amide bonds. The highest BCUT2D eigenvalue weighted by atomic mass is 32.2. The van der Waals surface area contributed by atoms with Crippen LogP contribution in [0.1, 0.15) is 12.7 Å². The fourth-order valence-electron chi connectivity index (χ4n) is 1.55. The van der Waals surface area contributed by atoms with Crippen molar-refractivity contribution >= 4 is 28.8 Å². The van der Waals surface area contributed by atoms with Gasteiger partial charge in [0.25, 0.3) is 0 Å². The van der Waals surface area contributed by atoms with Crippen LogP contribution in [0.4, 0.5) is 4.39 Å². The molecule has 6 heteroatoms. The topological polar surface area (TPSA) is 55.0 Å². The number of nitrogens with one attached hydrogen (secondary N) is 1. The van der Waals surface area contributed by atoms with E-state index >= 15 is 0 Å². The quantitative estimate of drug-likeness (QED) is 0.866. The Morgan fingerprint density at radius 2 is 2.39 bits per heavy atom. The van der Waals surface area contributed by atoms with E-state index in [1.807, 2.05) is 0 Å². The number of fused-ring (bicyclic) bond motifs is 1. The van der Waals surface area contributed by atoms with Gasteiger partial charge in [-0.25, -0.2) is 9.37 Å². The third-order valence-corrected chi connectivity index (χ3v) is 3.65. The van der Waals surface area contributed by atoms with Crippen molar-refractivity contribution in [3.63, 3.8) is 0 Å². The fraction of sp³-hybridized carbons (Fsp3) is 0.333. The first kappa shape index (κ1) is 12.9. The van der Waals surface area contributed by atoms with Gasteiger partial charge >= 0.3 is 5.97 Å². The Bertz CT molecular complexity index is 570. The average molecular weight is 268 g/mol. The van der Waals surface area contributed by atoms with Crippen LogP contribution in [0.25, 0.3) is 11.0 Å². The molecule has 0 aliphatic rings.